The molecule has 1 fully saturated rings. The fourth-order valence-electron chi connectivity index (χ4n) is 2.96. The number of benzene rings is 1. The molecule has 0 bridgehead atoms. The average molecular weight is 391 g/mol. The summed E-state index contributed by atoms with van der Waals surface area (Å²) >= 11 is 7.45. The van der Waals surface area contributed by atoms with Gasteiger partial charge in [0.15, 0.2) is 5.13 Å². The summed E-state index contributed by atoms with van der Waals surface area (Å²) in [5.41, 5.74) is 1.73. The summed E-state index contributed by atoms with van der Waals surface area (Å²) in [6.07, 6.45) is 2.74. The van der Waals surface area contributed by atoms with Crippen LogP contribution in [0.4, 0.5) is 10.8 Å². The molecule has 1 aliphatic carbocycles. The Kier molecular flexibility index (Phi) is 4.93. The first-order valence-electron chi connectivity index (χ1n) is 8.64. The lowest BCUT2D eigenvalue weighted by molar-refractivity contribution is -0.118. The Morgan fingerprint density at radius 3 is 2.92 bits per heavy atom. The molecule has 1 aromatic heterocycles. The van der Waals surface area contributed by atoms with E-state index in [0.717, 1.165) is 36.4 Å². The molecule has 0 radical (unpaired) electrons. The van der Waals surface area contributed by atoms with Gasteiger partial charge >= 0.3 is 0 Å². The van der Waals surface area contributed by atoms with Crippen molar-refractivity contribution in [3.8, 4) is 0 Å². The molecular weight excluding hydrogens is 372 g/mol. The Labute approximate surface area is 160 Å². The molecule has 0 spiro atoms. The van der Waals surface area contributed by atoms with Crippen LogP contribution in [0.15, 0.2) is 24.3 Å². The summed E-state index contributed by atoms with van der Waals surface area (Å²) in [6.45, 7) is 1.76. The van der Waals surface area contributed by atoms with Crippen molar-refractivity contribution >= 4 is 45.6 Å². The zero-order valence-electron chi connectivity index (χ0n) is 14.1. The van der Waals surface area contributed by atoms with Crippen LogP contribution in [-0.2, 0) is 22.6 Å². The minimum Gasteiger partial charge on any atom is -0.325 e. The minimum atomic E-state index is -0.0671. The summed E-state index contributed by atoms with van der Waals surface area (Å²) in [5.74, 6) is 0.180. The molecule has 2 heterocycles. The van der Waals surface area contributed by atoms with Gasteiger partial charge in [0, 0.05) is 41.0 Å². The highest BCUT2D eigenvalue weighted by atomic mass is 35.5. The second kappa shape index (κ2) is 7.34. The van der Waals surface area contributed by atoms with Crippen LogP contribution in [0, 0.1) is 5.92 Å². The SMILES string of the molecule is O=C(CN1CCc2nc(NC(=O)C3CC3)sc2C1)Nc1cccc(Cl)c1. The first-order valence-corrected chi connectivity index (χ1v) is 9.83. The maximum atomic E-state index is 12.3. The first kappa shape index (κ1) is 17.5. The third kappa shape index (κ3) is 4.23. The number of thiazole rings is 1. The number of aromatic nitrogens is 1. The standard InChI is InChI=1S/C18H19ClN4O2S/c19-12-2-1-3-13(8-12)20-16(24)10-23-7-6-14-15(9-23)26-18(21-14)22-17(25)11-4-5-11/h1-3,8,11H,4-7,9-10H2,(H,20,24)(H,21,22,25). The molecule has 8 heteroatoms. The minimum absolute atomic E-state index is 0.0671. The molecule has 26 heavy (non-hydrogen) atoms. The van der Waals surface area contributed by atoms with Gasteiger partial charge in [-0.25, -0.2) is 4.98 Å². The molecule has 1 aromatic carbocycles. The highest BCUT2D eigenvalue weighted by Gasteiger charge is 2.31. The van der Waals surface area contributed by atoms with E-state index in [0.29, 0.717) is 28.9 Å². The highest BCUT2D eigenvalue weighted by Crippen LogP contribution is 2.32. The van der Waals surface area contributed by atoms with Gasteiger partial charge < -0.3 is 10.6 Å². The molecule has 2 N–H and O–H groups in total. The Hall–Kier alpha value is -1.96. The van der Waals surface area contributed by atoms with E-state index in [1.165, 1.54) is 11.3 Å². The molecule has 1 aliphatic heterocycles. The topological polar surface area (TPSA) is 74.3 Å². The zero-order valence-corrected chi connectivity index (χ0v) is 15.7. The van der Waals surface area contributed by atoms with Crippen molar-refractivity contribution in [3.63, 3.8) is 0 Å². The third-order valence-electron chi connectivity index (χ3n) is 4.46. The second-order valence-corrected chi connectivity index (χ2v) is 8.19. The Morgan fingerprint density at radius 1 is 1.31 bits per heavy atom. The maximum Gasteiger partial charge on any atom is 0.238 e. The summed E-state index contributed by atoms with van der Waals surface area (Å²) < 4.78 is 0. The molecule has 6 nitrogen and oxygen atoms in total. The summed E-state index contributed by atoms with van der Waals surface area (Å²) in [7, 11) is 0. The van der Waals surface area contributed by atoms with Gasteiger partial charge in [-0.2, -0.15) is 0 Å². The molecule has 2 aliphatic rings. The van der Waals surface area contributed by atoms with Crippen LogP contribution >= 0.6 is 22.9 Å². The number of amides is 2. The van der Waals surface area contributed by atoms with Crippen molar-refractivity contribution in [1.29, 1.82) is 0 Å². The predicted octanol–water partition coefficient (Wildman–Crippen LogP) is 3.14. The number of hydrogen-bond acceptors (Lipinski definition) is 5. The van der Waals surface area contributed by atoms with E-state index in [1.807, 2.05) is 6.07 Å². The smallest absolute Gasteiger partial charge is 0.238 e. The molecule has 0 unspecified atom stereocenters. The lowest BCUT2D eigenvalue weighted by atomic mass is 10.2. The van der Waals surface area contributed by atoms with E-state index in [2.05, 4.69) is 20.5 Å². The van der Waals surface area contributed by atoms with Crippen molar-refractivity contribution in [3.05, 3.63) is 39.9 Å². The van der Waals surface area contributed by atoms with Gasteiger partial charge in [-0.1, -0.05) is 17.7 Å². The number of anilines is 2. The number of fused-ring (bicyclic) bond motifs is 1. The van der Waals surface area contributed by atoms with E-state index in [9.17, 15) is 9.59 Å². The molecule has 136 valence electrons. The maximum absolute atomic E-state index is 12.3. The number of carbonyl (C=O) groups is 2. The molecule has 4 rings (SSSR count). The Bertz CT molecular complexity index is 849. The predicted molar refractivity (Wildman–Crippen MR) is 103 cm³/mol. The monoisotopic (exact) mass is 390 g/mol. The number of hydrogen-bond donors (Lipinski definition) is 2. The Morgan fingerprint density at radius 2 is 2.15 bits per heavy atom. The van der Waals surface area contributed by atoms with Gasteiger partial charge in [-0.3, -0.25) is 14.5 Å². The van der Waals surface area contributed by atoms with Gasteiger partial charge in [0.25, 0.3) is 0 Å². The second-order valence-electron chi connectivity index (χ2n) is 6.67. The molecule has 2 amide bonds. The summed E-state index contributed by atoms with van der Waals surface area (Å²) in [5, 5.41) is 7.05. The van der Waals surface area contributed by atoms with Gasteiger partial charge in [-0.15, -0.1) is 11.3 Å². The van der Waals surface area contributed by atoms with Crippen LogP contribution in [0.3, 0.4) is 0 Å². The lowest BCUT2D eigenvalue weighted by Gasteiger charge is -2.25. The molecular formula is C18H19ClN4O2S. The average Bonchev–Trinajstić information content (AvgIpc) is 3.36. The zero-order chi connectivity index (χ0) is 18.1. The van der Waals surface area contributed by atoms with Crippen LogP contribution in [0.25, 0.3) is 0 Å². The summed E-state index contributed by atoms with van der Waals surface area (Å²) in [4.78, 5) is 31.9. The van der Waals surface area contributed by atoms with Crippen LogP contribution in [0.5, 0.6) is 0 Å². The van der Waals surface area contributed by atoms with Crippen LogP contribution in [0.2, 0.25) is 5.02 Å². The fraction of sp³-hybridized carbons (Fsp3) is 0.389. The van der Waals surface area contributed by atoms with Crippen molar-refractivity contribution in [2.45, 2.75) is 25.8 Å². The van der Waals surface area contributed by atoms with Gasteiger partial charge in [0.1, 0.15) is 0 Å². The van der Waals surface area contributed by atoms with Crippen molar-refractivity contribution < 1.29 is 9.59 Å². The summed E-state index contributed by atoms with van der Waals surface area (Å²) in [6, 6.07) is 7.12. The van der Waals surface area contributed by atoms with E-state index in [4.69, 9.17) is 11.6 Å². The number of rotatable bonds is 5. The number of halogens is 1. The molecule has 1 saturated carbocycles. The van der Waals surface area contributed by atoms with Gasteiger partial charge in [0.2, 0.25) is 11.8 Å². The van der Waals surface area contributed by atoms with Gasteiger partial charge in [-0.05, 0) is 31.0 Å². The van der Waals surface area contributed by atoms with E-state index < -0.39 is 0 Å². The number of carbonyl (C=O) groups excluding carboxylic acids is 2. The highest BCUT2D eigenvalue weighted by molar-refractivity contribution is 7.15. The Balaban J connectivity index is 1.33. The van der Waals surface area contributed by atoms with E-state index in [1.54, 1.807) is 18.2 Å². The lowest BCUT2D eigenvalue weighted by Crippen LogP contribution is -2.36. The first-order chi connectivity index (χ1) is 12.6. The third-order valence-corrected chi connectivity index (χ3v) is 5.70. The largest absolute Gasteiger partial charge is 0.325 e. The van der Waals surface area contributed by atoms with Crippen LogP contribution in [0.1, 0.15) is 23.4 Å². The van der Waals surface area contributed by atoms with E-state index in [-0.39, 0.29) is 17.7 Å². The van der Waals surface area contributed by atoms with Gasteiger partial charge in [0.05, 0.1) is 12.2 Å². The van der Waals surface area contributed by atoms with Crippen LogP contribution in [-0.4, -0.2) is 34.8 Å². The molecule has 0 atom stereocenters. The van der Waals surface area contributed by atoms with Crippen molar-refractivity contribution in [1.82, 2.24) is 9.88 Å². The van der Waals surface area contributed by atoms with Crippen LogP contribution < -0.4 is 10.6 Å². The van der Waals surface area contributed by atoms with Crippen molar-refractivity contribution in [2.75, 3.05) is 23.7 Å². The van der Waals surface area contributed by atoms with Crippen molar-refractivity contribution in [2.24, 2.45) is 5.92 Å². The molecule has 0 saturated heterocycles. The quantitative estimate of drug-likeness (QED) is 0.822. The number of nitrogens with zero attached hydrogens (tertiary/aromatic N) is 2. The number of nitrogens with one attached hydrogen (secondary N) is 2. The fourth-order valence-corrected chi connectivity index (χ4v) is 4.20. The normalized spacial score (nSPS) is 16.8. The van der Waals surface area contributed by atoms with E-state index >= 15 is 0 Å². The molecule has 2 aromatic rings.